The van der Waals surface area contributed by atoms with Crippen molar-refractivity contribution in [1.82, 2.24) is 4.90 Å². The molecular formula is C13H20ClN3. The first-order valence-corrected chi connectivity index (χ1v) is 6.42. The predicted octanol–water partition coefficient (Wildman–Crippen LogP) is 2.45. The first kappa shape index (κ1) is 12.5. The third kappa shape index (κ3) is 2.67. The highest BCUT2D eigenvalue weighted by Crippen LogP contribution is 2.30. The smallest absolute Gasteiger partial charge is 0.0741 e. The van der Waals surface area contributed by atoms with Gasteiger partial charge in [0.15, 0.2) is 0 Å². The summed E-state index contributed by atoms with van der Waals surface area (Å²) in [6.45, 7) is 2.20. The molecule has 1 aromatic rings. The molecule has 17 heavy (non-hydrogen) atoms. The molecule has 1 aliphatic rings. The number of rotatable bonds is 3. The van der Waals surface area contributed by atoms with Crippen molar-refractivity contribution in [1.29, 1.82) is 0 Å². The van der Waals surface area contributed by atoms with E-state index in [1.165, 1.54) is 19.4 Å². The summed E-state index contributed by atoms with van der Waals surface area (Å²) in [4.78, 5) is 4.62. The van der Waals surface area contributed by atoms with E-state index in [2.05, 4.69) is 23.9 Å². The maximum Gasteiger partial charge on any atom is 0.0741 e. The Balaban J connectivity index is 2.09. The highest BCUT2D eigenvalue weighted by atomic mass is 35.5. The summed E-state index contributed by atoms with van der Waals surface area (Å²) >= 11 is 6.04. The van der Waals surface area contributed by atoms with Gasteiger partial charge in [-0.15, -0.1) is 0 Å². The fourth-order valence-corrected chi connectivity index (χ4v) is 2.65. The zero-order chi connectivity index (χ0) is 12.4. The Morgan fingerprint density at radius 3 is 2.94 bits per heavy atom. The number of para-hydroxylation sites is 1. The Hall–Kier alpha value is -0.930. The second-order valence-electron chi connectivity index (χ2n) is 4.83. The standard InChI is InChI=1S/C13H20ClN3/c1-16-8-4-5-10(16)9-17(2)12-7-3-6-11(14)13(12)15/h3,6-7,10H,4-5,8-9,15H2,1-2H3. The molecular weight excluding hydrogens is 234 g/mol. The lowest BCUT2D eigenvalue weighted by Gasteiger charge is -2.28. The third-order valence-electron chi connectivity index (χ3n) is 3.60. The average molecular weight is 254 g/mol. The van der Waals surface area contributed by atoms with Gasteiger partial charge in [-0.1, -0.05) is 17.7 Å². The molecule has 0 aliphatic carbocycles. The number of hydrogen-bond acceptors (Lipinski definition) is 3. The number of hydrogen-bond donors (Lipinski definition) is 1. The molecule has 0 spiro atoms. The first-order chi connectivity index (χ1) is 8.09. The van der Waals surface area contributed by atoms with Gasteiger partial charge < -0.3 is 15.5 Å². The second kappa shape index (κ2) is 5.15. The molecule has 4 heteroatoms. The van der Waals surface area contributed by atoms with Crippen LogP contribution in [0.25, 0.3) is 0 Å². The Labute approximate surface area is 108 Å². The molecule has 1 heterocycles. The van der Waals surface area contributed by atoms with Crippen molar-refractivity contribution in [2.75, 3.05) is 37.8 Å². The Bertz CT molecular complexity index is 394. The number of halogens is 1. The van der Waals surface area contributed by atoms with Gasteiger partial charge in [-0.2, -0.15) is 0 Å². The van der Waals surface area contributed by atoms with Crippen LogP contribution >= 0.6 is 11.6 Å². The molecule has 2 N–H and O–H groups in total. The molecule has 2 rings (SSSR count). The fraction of sp³-hybridized carbons (Fsp3) is 0.538. The average Bonchev–Trinajstić information content (AvgIpc) is 2.68. The van der Waals surface area contributed by atoms with E-state index in [1.807, 2.05) is 18.2 Å². The molecule has 1 atom stereocenters. The van der Waals surface area contributed by atoms with Crippen molar-refractivity contribution in [2.24, 2.45) is 0 Å². The third-order valence-corrected chi connectivity index (χ3v) is 3.93. The van der Waals surface area contributed by atoms with E-state index in [9.17, 15) is 0 Å². The van der Waals surface area contributed by atoms with E-state index in [4.69, 9.17) is 17.3 Å². The van der Waals surface area contributed by atoms with Crippen LogP contribution in [0, 0.1) is 0 Å². The van der Waals surface area contributed by atoms with Crippen LogP contribution in [-0.4, -0.2) is 38.1 Å². The predicted molar refractivity (Wildman–Crippen MR) is 74.8 cm³/mol. The largest absolute Gasteiger partial charge is 0.396 e. The molecule has 3 nitrogen and oxygen atoms in total. The molecule has 1 aliphatic heterocycles. The van der Waals surface area contributed by atoms with Crippen LogP contribution < -0.4 is 10.6 Å². The number of likely N-dealkylation sites (tertiary alicyclic amines) is 1. The number of nitrogens with two attached hydrogens (primary N) is 1. The summed E-state index contributed by atoms with van der Waals surface area (Å²) in [7, 11) is 4.26. The van der Waals surface area contributed by atoms with Gasteiger partial charge in [-0.25, -0.2) is 0 Å². The molecule has 0 radical (unpaired) electrons. The summed E-state index contributed by atoms with van der Waals surface area (Å²) < 4.78 is 0. The van der Waals surface area contributed by atoms with E-state index in [0.717, 1.165) is 12.2 Å². The van der Waals surface area contributed by atoms with Crippen molar-refractivity contribution in [3.05, 3.63) is 23.2 Å². The van der Waals surface area contributed by atoms with Crippen LogP contribution in [0.15, 0.2) is 18.2 Å². The van der Waals surface area contributed by atoms with Gasteiger partial charge in [0.2, 0.25) is 0 Å². The van der Waals surface area contributed by atoms with Crippen LogP contribution in [0.5, 0.6) is 0 Å². The van der Waals surface area contributed by atoms with E-state index in [1.54, 1.807) is 0 Å². The number of benzene rings is 1. The number of nitrogens with zero attached hydrogens (tertiary/aromatic N) is 2. The van der Waals surface area contributed by atoms with Crippen LogP contribution in [-0.2, 0) is 0 Å². The van der Waals surface area contributed by atoms with Crippen molar-refractivity contribution in [3.63, 3.8) is 0 Å². The minimum absolute atomic E-state index is 0.624. The summed E-state index contributed by atoms with van der Waals surface area (Å²) in [5.74, 6) is 0. The molecule has 0 saturated carbocycles. The van der Waals surface area contributed by atoms with Gasteiger partial charge >= 0.3 is 0 Å². The number of nitrogen functional groups attached to an aromatic ring is 1. The maximum atomic E-state index is 6.04. The number of likely N-dealkylation sites (N-methyl/N-ethyl adjacent to an activating group) is 2. The lowest BCUT2D eigenvalue weighted by atomic mass is 10.2. The van der Waals surface area contributed by atoms with Gasteiger partial charge in [0.05, 0.1) is 16.4 Å². The van der Waals surface area contributed by atoms with Gasteiger partial charge in [-0.05, 0) is 38.6 Å². The molecule has 0 aromatic heterocycles. The molecule has 1 fully saturated rings. The molecule has 94 valence electrons. The summed E-state index contributed by atoms with van der Waals surface area (Å²) in [5.41, 5.74) is 7.71. The van der Waals surface area contributed by atoms with E-state index in [-0.39, 0.29) is 0 Å². The van der Waals surface area contributed by atoms with Crippen molar-refractivity contribution in [3.8, 4) is 0 Å². The second-order valence-corrected chi connectivity index (χ2v) is 5.24. The molecule has 1 saturated heterocycles. The zero-order valence-corrected chi connectivity index (χ0v) is 11.2. The van der Waals surface area contributed by atoms with Crippen LogP contribution in [0.2, 0.25) is 5.02 Å². The minimum atomic E-state index is 0.624. The Kier molecular flexibility index (Phi) is 3.79. The topological polar surface area (TPSA) is 32.5 Å². The summed E-state index contributed by atoms with van der Waals surface area (Å²) in [6.07, 6.45) is 2.56. The Morgan fingerprint density at radius 1 is 1.53 bits per heavy atom. The van der Waals surface area contributed by atoms with Gasteiger partial charge in [-0.3, -0.25) is 0 Å². The van der Waals surface area contributed by atoms with Crippen molar-refractivity contribution < 1.29 is 0 Å². The summed E-state index contributed by atoms with van der Waals surface area (Å²) in [5, 5.41) is 0.633. The number of anilines is 2. The SMILES string of the molecule is CN(CC1CCCN1C)c1cccc(Cl)c1N. The van der Waals surface area contributed by atoms with E-state index >= 15 is 0 Å². The Morgan fingerprint density at radius 2 is 2.29 bits per heavy atom. The van der Waals surface area contributed by atoms with E-state index < -0.39 is 0 Å². The van der Waals surface area contributed by atoms with Gasteiger partial charge in [0, 0.05) is 19.6 Å². The quantitative estimate of drug-likeness (QED) is 0.840. The monoisotopic (exact) mass is 253 g/mol. The van der Waals surface area contributed by atoms with Crippen LogP contribution in [0.3, 0.4) is 0 Å². The maximum absolute atomic E-state index is 6.04. The van der Waals surface area contributed by atoms with Crippen LogP contribution in [0.1, 0.15) is 12.8 Å². The first-order valence-electron chi connectivity index (χ1n) is 6.05. The molecule has 0 amide bonds. The molecule has 1 unspecified atom stereocenters. The fourth-order valence-electron chi connectivity index (χ4n) is 2.48. The molecule has 0 bridgehead atoms. The highest BCUT2D eigenvalue weighted by molar-refractivity contribution is 6.33. The van der Waals surface area contributed by atoms with Gasteiger partial charge in [0.1, 0.15) is 0 Å². The minimum Gasteiger partial charge on any atom is -0.396 e. The van der Waals surface area contributed by atoms with Gasteiger partial charge in [0.25, 0.3) is 0 Å². The van der Waals surface area contributed by atoms with Crippen molar-refractivity contribution in [2.45, 2.75) is 18.9 Å². The van der Waals surface area contributed by atoms with Crippen molar-refractivity contribution >= 4 is 23.0 Å². The lowest BCUT2D eigenvalue weighted by molar-refractivity contribution is 0.314. The lowest BCUT2D eigenvalue weighted by Crippen LogP contribution is -2.36. The highest BCUT2D eigenvalue weighted by Gasteiger charge is 2.22. The van der Waals surface area contributed by atoms with Crippen LogP contribution in [0.4, 0.5) is 11.4 Å². The zero-order valence-electron chi connectivity index (χ0n) is 10.5. The summed E-state index contributed by atoms with van der Waals surface area (Å²) in [6, 6.07) is 6.42. The normalized spacial score (nSPS) is 20.8. The molecule has 1 aromatic carbocycles. The van der Waals surface area contributed by atoms with E-state index in [0.29, 0.717) is 16.8 Å².